The first kappa shape index (κ1) is 16.8. The predicted octanol–water partition coefficient (Wildman–Crippen LogP) is 2.52. The highest BCUT2D eigenvalue weighted by Gasteiger charge is 2.11. The third-order valence-electron chi connectivity index (χ3n) is 3.01. The minimum Gasteiger partial charge on any atom is -0.495 e. The van der Waals surface area contributed by atoms with Crippen molar-refractivity contribution in [3.05, 3.63) is 24.3 Å². The van der Waals surface area contributed by atoms with Crippen molar-refractivity contribution in [3.8, 4) is 5.75 Å². The number of benzene rings is 1. The van der Waals surface area contributed by atoms with E-state index in [0.717, 1.165) is 44.2 Å². The van der Waals surface area contributed by atoms with E-state index in [9.17, 15) is 0 Å². The molecule has 0 unspecified atom stereocenters. The quantitative estimate of drug-likeness (QED) is 0.669. The van der Waals surface area contributed by atoms with Crippen LogP contribution in [0.1, 0.15) is 20.3 Å². The Bertz CT molecular complexity index is 369. The highest BCUT2D eigenvalue weighted by atomic mass is 16.5. The van der Waals surface area contributed by atoms with Crippen LogP contribution in [0.15, 0.2) is 24.3 Å². The number of hydrogen-bond acceptors (Lipinski definition) is 4. The zero-order valence-electron chi connectivity index (χ0n) is 13.0. The number of rotatable bonds is 10. The molecule has 114 valence electrons. The molecule has 0 spiro atoms. The Morgan fingerprint density at radius 3 is 2.60 bits per heavy atom. The first-order valence-electron chi connectivity index (χ1n) is 7.34. The van der Waals surface area contributed by atoms with E-state index in [-0.39, 0.29) is 0 Å². The molecule has 4 nitrogen and oxygen atoms in total. The van der Waals surface area contributed by atoms with E-state index < -0.39 is 0 Å². The van der Waals surface area contributed by atoms with Gasteiger partial charge in [0, 0.05) is 19.7 Å². The van der Waals surface area contributed by atoms with Gasteiger partial charge in [0.2, 0.25) is 0 Å². The van der Waals surface area contributed by atoms with Crippen LogP contribution in [-0.2, 0) is 4.74 Å². The molecule has 20 heavy (non-hydrogen) atoms. The number of methoxy groups -OCH3 is 1. The second-order valence-electron chi connectivity index (χ2n) is 5.27. The molecule has 1 aromatic carbocycles. The molecule has 4 heteroatoms. The van der Waals surface area contributed by atoms with Gasteiger partial charge in [-0.3, -0.25) is 0 Å². The minimum atomic E-state index is 0.568. The van der Waals surface area contributed by atoms with Gasteiger partial charge in [-0.25, -0.2) is 0 Å². The van der Waals surface area contributed by atoms with Gasteiger partial charge in [-0.2, -0.15) is 0 Å². The summed E-state index contributed by atoms with van der Waals surface area (Å²) in [6.07, 6.45) is 0.961. The van der Waals surface area contributed by atoms with Crippen LogP contribution >= 0.6 is 0 Å². The van der Waals surface area contributed by atoms with Crippen LogP contribution in [0.3, 0.4) is 0 Å². The molecule has 0 saturated carbocycles. The molecule has 0 aliphatic rings. The second kappa shape index (κ2) is 9.61. The van der Waals surface area contributed by atoms with Crippen LogP contribution in [0.25, 0.3) is 0 Å². The van der Waals surface area contributed by atoms with E-state index in [0.29, 0.717) is 12.5 Å². The smallest absolute Gasteiger partial charge is 0.142 e. The third-order valence-corrected chi connectivity index (χ3v) is 3.01. The van der Waals surface area contributed by atoms with Gasteiger partial charge in [0.25, 0.3) is 0 Å². The summed E-state index contributed by atoms with van der Waals surface area (Å²) in [5.74, 6) is 1.46. The molecule has 1 aromatic rings. The van der Waals surface area contributed by atoms with Gasteiger partial charge < -0.3 is 20.1 Å². The average Bonchev–Trinajstić information content (AvgIpc) is 2.46. The molecule has 0 saturated heterocycles. The lowest BCUT2D eigenvalue weighted by Crippen LogP contribution is -2.30. The Balaban J connectivity index is 2.62. The van der Waals surface area contributed by atoms with Crippen LogP contribution < -0.4 is 15.4 Å². The Kier molecular flexibility index (Phi) is 8.07. The average molecular weight is 280 g/mol. The minimum absolute atomic E-state index is 0.568. The molecule has 0 aromatic heterocycles. The van der Waals surface area contributed by atoms with Gasteiger partial charge >= 0.3 is 0 Å². The van der Waals surface area contributed by atoms with Gasteiger partial charge in [-0.1, -0.05) is 26.0 Å². The first-order chi connectivity index (χ1) is 9.69. The summed E-state index contributed by atoms with van der Waals surface area (Å²) in [6, 6.07) is 8.08. The van der Waals surface area contributed by atoms with Crippen LogP contribution in [-0.4, -0.2) is 40.0 Å². The Morgan fingerprint density at radius 2 is 1.95 bits per heavy atom. The summed E-state index contributed by atoms with van der Waals surface area (Å²) in [5, 5.41) is 0. The van der Waals surface area contributed by atoms with Gasteiger partial charge in [-0.15, -0.1) is 0 Å². The van der Waals surface area contributed by atoms with Gasteiger partial charge in [0.15, 0.2) is 0 Å². The summed E-state index contributed by atoms with van der Waals surface area (Å²) in [7, 11) is 1.70. The van der Waals surface area contributed by atoms with Crippen molar-refractivity contribution in [1.82, 2.24) is 0 Å². The van der Waals surface area contributed by atoms with E-state index in [1.165, 1.54) is 0 Å². The van der Waals surface area contributed by atoms with E-state index >= 15 is 0 Å². The van der Waals surface area contributed by atoms with E-state index in [4.69, 9.17) is 15.2 Å². The van der Waals surface area contributed by atoms with Crippen molar-refractivity contribution >= 4 is 5.69 Å². The molecule has 1 rings (SSSR count). The number of nitrogens with zero attached hydrogens (tertiary/aromatic N) is 1. The summed E-state index contributed by atoms with van der Waals surface area (Å²) in [4.78, 5) is 2.28. The van der Waals surface area contributed by atoms with Crippen molar-refractivity contribution in [2.45, 2.75) is 20.3 Å². The fourth-order valence-electron chi connectivity index (χ4n) is 2.02. The largest absolute Gasteiger partial charge is 0.495 e. The number of anilines is 1. The van der Waals surface area contributed by atoms with Crippen molar-refractivity contribution in [3.63, 3.8) is 0 Å². The first-order valence-corrected chi connectivity index (χ1v) is 7.34. The van der Waals surface area contributed by atoms with Gasteiger partial charge in [-0.05, 0) is 31.0 Å². The van der Waals surface area contributed by atoms with Crippen LogP contribution in [0.2, 0.25) is 0 Å². The summed E-state index contributed by atoms with van der Waals surface area (Å²) >= 11 is 0. The van der Waals surface area contributed by atoms with Crippen molar-refractivity contribution in [2.24, 2.45) is 11.7 Å². The lowest BCUT2D eigenvalue weighted by Gasteiger charge is -2.26. The SMILES string of the molecule is COc1ccccc1N(CCCN)CCOCC(C)C. The molecule has 0 aliphatic heterocycles. The maximum Gasteiger partial charge on any atom is 0.142 e. The maximum atomic E-state index is 5.69. The molecule has 0 radical (unpaired) electrons. The summed E-state index contributed by atoms with van der Waals surface area (Å²) in [5.41, 5.74) is 6.74. The summed E-state index contributed by atoms with van der Waals surface area (Å²) < 4.78 is 11.1. The second-order valence-corrected chi connectivity index (χ2v) is 5.27. The van der Waals surface area contributed by atoms with E-state index in [1.54, 1.807) is 7.11 Å². The molecule has 0 aliphatic carbocycles. The highest BCUT2D eigenvalue weighted by molar-refractivity contribution is 5.58. The number of nitrogens with two attached hydrogens (primary N) is 1. The monoisotopic (exact) mass is 280 g/mol. The van der Waals surface area contributed by atoms with Gasteiger partial charge in [0.05, 0.1) is 19.4 Å². The molecule has 0 amide bonds. The van der Waals surface area contributed by atoms with E-state index in [2.05, 4.69) is 24.8 Å². The van der Waals surface area contributed by atoms with Crippen molar-refractivity contribution < 1.29 is 9.47 Å². The Hall–Kier alpha value is -1.26. The fraction of sp³-hybridized carbons (Fsp3) is 0.625. The molecule has 0 bridgehead atoms. The van der Waals surface area contributed by atoms with Crippen LogP contribution in [0.5, 0.6) is 5.75 Å². The van der Waals surface area contributed by atoms with Crippen LogP contribution in [0.4, 0.5) is 5.69 Å². The molecule has 0 heterocycles. The lowest BCUT2D eigenvalue weighted by molar-refractivity contribution is 0.115. The molecular formula is C16H28N2O2. The lowest BCUT2D eigenvalue weighted by atomic mass is 10.2. The molecule has 0 fully saturated rings. The zero-order chi connectivity index (χ0) is 14.8. The molecule has 0 atom stereocenters. The Labute approximate surface area is 122 Å². The Morgan fingerprint density at radius 1 is 1.20 bits per heavy atom. The number of ether oxygens (including phenoxy) is 2. The van der Waals surface area contributed by atoms with Crippen LogP contribution in [0, 0.1) is 5.92 Å². The highest BCUT2D eigenvalue weighted by Crippen LogP contribution is 2.27. The normalized spacial score (nSPS) is 10.8. The van der Waals surface area contributed by atoms with E-state index in [1.807, 2.05) is 18.2 Å². The third kappa shape index (κ3) is 5.80. The topological polar surface area (TPSA) is 47.7 Å². The zero-order valence-corrected chi connectivity index (χ0v) is 13.0. The van der Waals surface area contributed by atoms with Gasteiger partial charge in [0.1, 0.15) is 5.75 Å². The fourth-order valence-corrected chi connectivity index (χ4v) is 2.02. The summed E-state index contributed by atoms with van der Waals surface area (Å²) in [6.45, 7) is 8.31. The number of hydrogen-bond donors (Lipinski definition) is 1. The molecular weight excluding hydrogens is 252 g/mol. The van der Waals surface area contributed by atoms with Crippen molar-refractivity contribution in [2.75, 3.05) is 44.9 Å². The maximum absolute atomic E-state index is 5.69. The van der Waals surface area contributed by atoms with Crippen molar-refractivity contribution in [1.29, 1.82) is 0 Å². The predicted molar refractivity (Wildman–Crippen MR) is 84.5 cm³/mol. The molecule has 2 N–H and O–H groups in total. The number of para-hydroxylation sites is 2. The standard InChI is InChI=1S/C16H28N2O2/c1-14(2)13-20-12-11-18(10-6-9-17)15-7-4-5-8-16(15)19-3/h4-5,7-8,14H,6,9-13,17H2,1-3H3.